The van der Waals surface area contributed by atoms with Gasteiger partial charge in [-0.05, 0) is 11.1 Å². The average molecular weight is 270 g/mol. The van der Waals surface area contributed by atoms with E-state index in [0.717, 1.165) is 11.1 Å². The molecule has 0 saturated heterocycles. The minimum absolute atomic E-state index is 0.0561. The Morgan fingerprint density at radius 3 is 1.95 bits per heavy atom. The van der Waals surface area contributed by atoms with E-state index in [9.17, 15) is 4.79 Å². The van der Waals surface area contributed by atoms with E-state index < -0.39 is 0 Å². The quantitative estimate of drug-likeness (QED) is 0.621. The van der Waals surface area contributed by atoms with Crippen LogP contribution in [0.4, 0.5) is 0 Å². The van der Waals surface area contributed by atoms with Crippen molar-refractivity contribution in [3.63, 3.8) is 0 Å². The molecule has 2 aromatic rings. The number of hydrogen-bond donors (Lipinski definition) is 2. The molecule has 4 heteroatoms. The second kappa shape index (κ2) is 7.43. The zero-order valence-corrected chi connectivity index (χ0v) is 11.2. The molecule has 0 radical (unpaired) electrons. The molecule has 3 N–H and O–H groups in total. The Balaban J connectivity index is 2.23. The molecule has 2 rings (SSSR count). The fourth-order valence-corrected chi connectivity index (χ4v) is 2.12. The average Bonchev–Trinajstić information content (AvgIpc) is 2.50. The predicted molar refractivity (Wildman–Crippen MR) is 77.9 cm³/mol. The van der Waals surface area contributed by atoms with E-state index in [-0.39, 0.29) is 11.8 Å². The first-order chi connectivity index (χ1) is 9.83. The van der Waals surface area contributed by atoms with E-state index in [1.165, 1.54) is 0 Å². The molecule has 0 fully saturated rings. The second-order valence-corrected chi connectivity index (χ2v) is 4.42. The highest BCUT2D eigenvalue weighted by Gasteiger charge is 2.21. The summed E-state index contributed by atoms with van der Waals surface area (Å²) in [5.74, 6) is 4.58. The molecule has 0 unspecified atom stereocenters. The van der Waals surface area contributed by atoms with Gasteiger partial charge in [0.25, 0.3) is 0 Å². The van der Waals surface area contributed by atoms with Gasteiger partial charge < -0.3 is 10.2 Å². The second-order valence-electron chi connectivity index (χ2n) is 4.42. The van der Waals surface area contributed by atoms with Crippen molar-refractivity contribution in [1.82, 2.24) is 5.32 Å². The minimum Gasteiger partial charge on any atom is -0.353 e. The first-order valence-electron chi connectivity index (χ1n) is 6.52. The lowest BCUT2D eigenvalue weighted by molar-refractivity contribution is -0.121. The highest BCUT2D eigenvalue weighted by molar-refractivity contribution is 5.87. The van der Waals surface area contributed by atoms with Crippen molar-refractivity contribution in [3.05, 3.63) is 71.8 Å². The molecule has 0 heterocycles. The van der Waals surface area contributed by atoms with Crippen LogP contribution in [0.5, 0.6) is 0 Å². The van der Waals surface area contributed by atoms with Crippen LogP contribution in [0.3, 0.4) is 0 Å². The number of benzene rings is 2. The number of nitrogens with two attached hydrogens (primary N) is 1. The van der Waals surface area contributed by atoms with Crippen LogP contribution in [0.15, 0.2) is 60.7 Å². The van der Waals surface area contributed by atoms with Crippen LogP contribution in [0, 0.1) is 0 Å². The first-order valence-corrected chi connectivity index (χ1v) is 6.52. The van der Waals surface area contributed by atoms with Crippen molar-refractivity contribution in [2.24, 2.45) is 5.90 Å². The van der Waals surface area contributed by atoms with Gasteiger partial charge in [-0.25, -0.2) is 5.90 Å². The summed E-state index contributed by atoms with van der Waals surface area (Å²) in [7, 11) is 0. The summed E-state index contributed by atoms with van der Waals surface area (Å²) in [6.45, 7) is 0.688. The molecule has 0 aliphatic carbocycles. The van der Waals surface area contributed by atoms with Crippen LogP contribution in [-0.4, -0.2) is 19.1 Å². The molecule has 0 aromatic heterocycles. The van der Waals surface area contributed by atoms with Gasteiger partial charge in [-0.15, -0.1) is 0 Å². The number of rotatable bonds is 6. The van der Waals surface area contributed by atoms with Gasteiger partial charge in [0, 0.05) is 6.54 Å². The first kappa shape index (κ1) is 14.2. The van der Waals surface area contributed by atoms with Crippen molar-refractivity contribution < 1.29 is 9.63 Å². The smallest absolute Gasteiger partial charge is 0.232 e. The van der Waals surface area contributed by atoms with Gasteiger partial charge in [-0.1, -0.05) is 60.7 Å². The van der Waals surface area contributed by atoms with E-state index in [1.54, 1.807) is 0 Å². The van der Waals surface area contributed by atoms with Crippen LogP contribution in [-0.2, 0) is 9.63 Å². The molecular formula is C16H18N2O2. The molecular weight excluding hydrogens is 252 g/mol. The zero-order valence-electron chi connectivity index (χ0n) is 11.2. The molecule has 0 aliphatic heterocycles. The van der Waals surface area contributed by atoms with Gasteiger partial charge in [0.1, 0.15) is 0 Å². The van der Waals surface area contributed by atoms with Crippen LogP contribution in [0.2, 0.25) is 0 Å². The Bertz CT molecular complexity index is 489. The highest BCUT2D eigenvalue weighted by Crippen LogP contribution is 2.24. The third-order valence-corrected chi connectivity index (χ3v) is 3.05. The largest absolute Gasteiger partial charge is 0.353 e. The van der Waals surface area contributed by atoms with E-state index in [2.05, 4.69) is 10.2 Å². The third kappa shape index (κ3) is 3.66. The van der Waals surface area contributed by atoms with Crippen molar-refractivity contribution in [3.8, 4) is 0 Å². The maximum atomic E-state index is 12.4. The van der Waals surface area contributed by atoms with Gasteiger partial charge in [0.15, 0.2) is 0 Å². The summed E-state index contributed by atoms with van der Waals surface area (Å²) in [4.78, 5) is 16.9. The minimum atomic E-state index is -0.324. The summed E-state index contributed by atoms with van der Waals surface area (Å²) in [5, 5.41) is 2.84. The summed E-state index contributed by atoms with van der Waals surface area (Å²) in [6, 6.07) is 19.4. The number of carbonyl (C=O) groups excluding carboxylic acids is 1. The van der Waals surface area contributed by atoms with E-state index in [4.69, 9.17) is 5.90 Å². The summed E-state index contributed by atoms with van der Waals surface area (Å²) >= 11 is 0. The molecule has 104 valence electrons. The van der Waals surface area contributed by atoms with Gasteiger partial charge in [0.05, 0.1) is 12.5 Å². The Morgan fingerprint density at radius 1 is 1.00 bits per heavy atom. The lowest BCUT2D eigenvalue weighted by atomic mass is 9.90. The molecule has 20 heavy (non-hydrogen) atoms. The Morgan fingerprint density at radius 2 is 1.50 bits per heavy atom. The Labute approximate surface area is 118 Å². The molecule has 1 amide bonds. The topological polar surface area (TPSA) is 64.3 Å². The molecule has 0 atom stereocenters. The lowest BCUT2D eigenvalue weighted by Crippen LogP contribution is -2.33. The maximum Gasteiger partial charge on any atom is 0.232 e. The number of hydrogen-bond acceptors (Lipinski definition) is 3. The molecule has 0 saturated carbocycles. The van der Waals surface area contributed by atoms with Crippen molar-refractivity contribution in [2.75, 3.05) is 13.2 Å². The van der Waals surface area contributed by atoms with E-state index >= 15 is 0 Å². The lowest BCUT2D eigenvalue weighted by Gasteiger charge is -2.17. The SMILES string of the molecule is NOCCNC(=O)C(c1ccccc1)c1ccccc1. The normalized spacial score (nSPS) is 10.5. The predicted octanol–water partition coefficient (Wildman–Crippen LogP) is 1.83. The van der Waals surface area contributed by atoms with Gasteiger partial charge in [0.2, 0.25) is 5.91 Å². The fraction of sp³-hybridized carbons (Fsp3) is 0.188. The molecule has 0 spiro atoms. The standard InChI is InChI=1S/C16H18N2O2/c17-20-12-11-18-16(19)15(13-7-3-1-4-8-13)14-9-5-2-6-10-14/h1-10,15H,11-12,17H2,(H,18,19). The molecule has 0 bridgehead atoms. The van der Waals surface area contributed by atoms with Crippen LogP contribution in [0.1, 0.15) is 17.0 Å². The Hall–Kier alpha value is -2.17. The van der Waals surface area contributed by atoms with Crippen LogP contribution >= 0.6 is 0 Å². The number of nitrogens with one attached hydrogen (secondary N) is 1. The highest BCUT2D eigenvalue weighted by atomic mass is 16.6. The fourth-order valence-electron chi connectivity index (χ4n) is 2.12. The van der Waals surface area contributed by atoms with Crippen molar-refractivity contribution >= 4 is 5.91 Å². The van der Waals surface area contributed by atoms with Gasteiger partial charge >= 0.3 is 0 Å². The maximum absolute atomic E-state index is 12.4. The molecule has 4 nitrogen and oxygen atoms in total. The summed E-state index contributed by atoms with van der Waals surface area (Å²) in [6.07, 6.45) is 0. The molecule has 2 aromatic carbocycles. The zero-order chi connectivity index (χ0) is 14.2. The summed E-state index contributed by atoms with van der Waals surface area (Å²) in [5.41, 5.74) is 1.93. The molecule has 0 aliphatic rings. The van der Waals surface area contributed by atoms with E-state index in [0.29, 0.717) is 13.2 Å². The number of carbonyl (C=O) groups is 1. The van der Waals surface area contributed by atoms with Crippen molar-refractivity contribution in [1.29, 1.82) is 0 Å². The third-order valence-electron chi connectivity index (χ3n) is 3.05. The van der Waals surface area contributed by atoms with Gasteiger partial charge in [-0.3, -0.25) is 4.79 Å². The van der Waals surface area contributed by atoms with Crippen molar-refractivity contribution in [2.45, 2.75) is 5.92 Å². The number of amides is 1. The Kier molecular flexibility index (Phi) is 5.29. The summed E-state index contributed by atoms with van der Waals surface area (Å²) < 4.78 is 0. The van der Waals surface area contributed by atoms with Gasteiger partial charge in [-0.2, -0.15) is 0 Å². The van der Waals surface area contributed by atoms with Crippen LogP contribution < -0.4 is 11.2 Å². The van der Waals surface area contributed by atoms with E-state index in [1.807, 2.05) is 60.7 Å². The van der Waals surface area contributed by atoms with Crippen LogP contribution in [0.25, 0.3) is 0 Å². The monoisotopic (exact) mass is 270 g/mol.